The molecule has 4 nitrogen and oxygen atoms in total. The molecule has 4 atom stereocenters. The minimum Gasteiger partial charge on any atom is -0.393 e. The third-order valence-electron chi connectivity index (χ3n) is 3.84. The maximum atomic E-state index is 9.15. The number of aliphatic hydroxyl groups excluding tert-OH is 1. The smallest absolute Gasteiger partial charge is 0.197 e. The van der Waals surface area contributed by atoms with Gasteiger partial charge in [0.05, 0.1) is 19.3 Å². The Hall–Kier alpha value is -0.160. The van der Waals surface area contributed by atoms with Crippen LogP contribution in [-0.4, -0.2) is 42.4 Å². The van der Waals surface area contributed by atoms with Gasteiger partial charge in [0.1, 0.15) is 12.2 Å². The Labute approximate surface area is 110 Å². The number of unbranched alkanes of at least 4 members (excludes halogenated alkanes) is 2. The van der Waals surface area contributed by atoms with Gasteiger partial charge in [0.25, 0.3) is 0 Å². The zero-order chi connectivity index (χ0) is 13.0. The molecule has 0 aromatic heterocycles. The maximum Gasteiger partial charge on any atom is 0.197 e. The van der Waals surface area contributed by atoms with Crippen LogP contribution in [0.25, 0.3) is 0 Å². The van der Waals surface area contributed by atoms with E-state index in [2.05, 4.69) is 13.8 Å². The van der Waals surface area contributed by atoms with E-state index in [1.165, 1.54) is 12.8 Å². The van der Waals surface area contributed by atoms with Gasteiger partial charge in [-0.3, -0.25) is 0 Å². The summed E-state index contributed by atoms with van der Waals surface area (Å²) in [5.74, 6) is -0.508. The van der Waals surface area contributed by atoms with E-state index in [4.69, 9.17) is 19.3 Å². The van der Waals surface area contributed by atoms with Crippen LogP contribution in [0, 0.1) is 0 Å². The summed E-state index contributed by atoms with van der Waals surface area (Å²) in [7, 11) is 0. The number of aliphatic hydroxyl groups is 1. The van der Waals surface area contributed by atoms with E-state index in [0.29, 0.717) is 12.7 Å². The first kappa shape index (κ1) is 14.3. The van der Waals surface area contributed by atoms with Crippen LogP contribution in [0.5, 0.6) is 0 Å². The molecule has 2 aliphatic rings. The SMILES string of the molecule is CCCCC1OC1COC1(CCCC)OC1CO. The molecule has 0 aromatic carbocycles. The van der Waals surface area contributed by atoms with E-state index < -0.39 is 5.79 Å². The van der Waals surface area contributed by atoms with Gasteiger partial charge >= 0.3 is 0 Å². The first-order valence-corrected chi connectivity index (χ1v) is 7.33. The lowest BCUT2D eigenvalue weighted by atomic mass is 10.1. The Morgan fingerprint density at radius 2 is 1.94 bits per heavy atom. The summed E-state index contributed by atoms with van der Waals surface area (Å²) in [4.78, 5) is 0. The predicted molar refractivity (Wildman–Crippen MR) is 68.4 cm³/mol. The van der Waals surface area contributed by atoms with Crippen molar-refractivity contribution < 1.29 is 19.3 Å². The summed E-state index contributed by atoms with van der Waals surface area (Å²) in [6.45, 7) is 5.00. The normalized spacial score (nSPS) is 37.8. The standard InChI is InChI=1S/C14H26O4/c1-3-5-7-11-12(17-11)10-16-14(8-6-4-2)13(9-15)18-14/h11-13,15H,3-10H2,1-2H3. The Kier molecular flexibility index (Phi) is 5.01. The number of epoxide rings is 2. The van der Waals surface area contributed by atoms with Gasteiger partial charge in [-0.15, -0.1) is 0 Å². The summed E-state index contributed by atoms with van der Waals surface area (Å²) in [5, 5.41) is 9.15. The second-order valence-electron chi connectivity index (χ2n) is 5.37. The van der Waals surface area contributed by atoms with Crippen molar-refractivity contribution in [2.45, 2.75) is 76.5 Å². The zero-order valence-electron chi connectivity index (χ0n) is 11.6. The molecule has 2 rings (SSSR count). The molecular formula is C14H26O4. The van der Waals surface area contributed by atoms with Crippen LogP contribution in [-0.2, 0) is 14.2 Å². The van der Waals surface area contributed by atoms with Crippen molar-refractivity contribution in [3.8, 4) is 0 Å². The molecule has 2 heterocycles. The topological polar surface area (TPSA) is 54.5 Å². The molecule has 106 valence electrons. The Balaban J connectivity index is 1.65. The van der Waals surface area contributed by atoms with Crippen LogP contribution in [0.1, 0.15) is 52.4 Å². The van der Waals surface area contributed by atoms with E-state index >= 15 is 0 Å². The molecule has 1 N–H and O–H groups in total. The summed E-state index contributed by atoms with van der Waals surface area (Å²) in [6, 6.07) is 0. The van der Waals surface area contributed by atoms with Gasteiger partial charge in [0.15, 0.2) is 5.79 Å². The highest BCUT2D eigenvalue weighted by Crippen LogP contribution is 2.43. The fraction of sp³-hybridized carbons (Fsp3) is 1.00. The van der Waals surface area contributed by atoms with Gasteiger partial charge in [0.2, 0.25) is 0 Å². The van der Waals surface area contributed by atoms with Crippen molar-refractivity contribution >= 4 is 0 Å². The molecule has 0 radical (unpaired) electrons. The maximum absolute atomic E-state index is 9.15. The summed E-state index contributed by atoms with van der Waals surface area (Å²) in [6.07, 6.45) is 7.14. The minimum atomic E-state index is -0.508. The third-order valence-corrected chi connectivity index (χ3v) is 3.84. The van der Waals surface area contributed by atoms with Gasteiger partial charge in [-0.1, -0.05) is 33.1 Å². The summed E-state index contributed by atoms with van der Waals surface area (Å²) in [5.41, 5.74) is 0. The van der Waals surface area contributed by atoms with Crippen LogP contribution in [0.15, 0.2) is 0 Å². The summed E-state index contributed by atoms with van der Waals surface area (Å²) < 4.78 is 17.0. The Morgan fingerprint density at radius 3 is 2.56 bits per heavy atom. The third kappa shape index (κ3) is 3.44. The van der Waals surface area contributed by atoms with E-state index in [0.717, 1.165) is 25.7 Å². The van der Waals surface area contributed by atoms with Gasteiger partial charge < -0.3 is 19.3 Å². The van der Waals surface area contributed by atoms with Crippen LogP contribution < -0.4 is 0 Å². The van der Waals surface area contributed by atoms with Crippen molar-refractivity contribution in [1.29, 1.82) is 0 Å². The van der Waals surface area contributed by atoms with E-state index in [1.807, 2.05) is 0 Å². The highest BCUT2D eigenvalue weighted by molar-refractivity contribution is 4.96. The molecule has 4 unspecified atom stereocenters. The molecule has 2 aliphatic heterocycles. The summed E-state index contributed by atoms with van der Waals surface area (Å²) >= 11 is 0. The molecule has 18 heavy (non-hydrogen) atoms. The number of hydrogen-bond donors (Lipinski definition) is 1. The molecule has 0 bridgehead atoms. The first-order valence-electron chi connectivity index (χ1n) is 7.33. The highest BCUT2D eigenvalue weighted by atomic mass is 16.8. The zero-order valence-corrected chi connectivity index (χ0v) is 11.6. The van der Waals surface area contributed by atoms with Crippen LogP contribution in [0.3, 0.4) is 0 Å². The minimum absolute atomic E-state index is 0.0501. The van der Waals surface area contributed by atoms with Gasteiger partial charge in [-0.05, 0) is 12.8 Å². The molecule has 2 saturated heterocycles. The number of rotatable bonds is 10. The molecule has 0 saturated carbocycles. The Bertz CT molecular complexity index is 258. The van der Waals surface area contributed by atoms with Crippen molar-refractivity contribution in [3.63, 3.8) is 0 Å². The monoisotopic (exact) mass is 258 g/mol. The second kappa shape index (κ2) is 6.33. The fourth-order valence-electron chi connectivity index (χ4n) is 2.43. The van der Waals surface area contributed by atoms with Crippen molar-refractivity contribution in [1.82, 2.24) is 0 Å². The highest BCUT2D eigenvalue weighted by Gasteiger charge is 2.58. The van der Waals surface area contributed by atoms with Crippen molar-refractivity contribution in [2.24, 2.45) is 0 Å². The largest absolute Gasteiger partial charge is 0.393 e. The van der Waals surface area contributed by atoms with Crippen LogP contribution >= 0.6 is 0 Å². The predicted octanol–water partition coefficient (Wildman–Crippen LogP) is 2.24. The van der Waals surface area contributed by atoms with E-state index in [1.54, 1.807) is 0 Å². The number of hydrogen-bond acceptors (Lipinski definition) is 4. The molecule has 0 spiro atoms. The average Bonchev–Trinajstić information content (AvgIpc) is 3.27. The second-order valence-corrected chi connectivity index (χ2v) is 5.37. The molecular weight excluding hydrogens is 232 g/mol. The lowest BCUT2D eigenvalue weighted by Gasteiger charge is -2.12. The van der Waals surface area contributed by atoms with E-state index in [-0.39, 0.29) is 18.8 Å². The first-order chi connectivity index (χ1) is 8.75. The van der Waals surface area contributed by atoms with Gasteiger partial charge in [-0.2, -0.15) is 0 Å². The Morgan fingerprint density at radius 1 is 1.17 bits per heavy atom. The number of ether oxygens (including phenoxy) is 3. The molecule has 0 amide bonds. The van der Waals surface area contributed by atoms with Gasteiger partial charge in [0, 0.05) is 6.42 Å². The average molecular weight is 258 g/mol. The van der Waals surface area contributed by atoms with E-state index in [9.17, 15) is 0 Å². The quantitative estimate of drug-likeness (QED) is 0.611. The molecule has 0 aliphatic carbocycles. The molecule has 0 aromatic rings. The molecule has 2 fully saturated rings. The van der Waals surface area contributed by atoms with Crippen molar-refractivity contribution in [2.75, 3.05) is 13.2 Å². The lowest BCUT2D eigenvalue weighted by molar-refractivity contribution is -0.0558. The fourth-order valence-corrected chi connectivity index (χ4v) is 2.43. The van der Waals surface area contributed by atoms with Gasteiger partial charge in [-0.25, -0.2) is 0 Å². The van der Waals surface area contributed by atoms with Crippen LogP contribution in [0.4, 0.5) is 0 Å². The van der Waals surface area contributed by atoms with Crippen LogP contribution in [0.2, 0.25) is 0 Å². The molecule has 4 heteroatoms. The lowest BCUT2D eigenvalue weighted by Crippen LogP contribution is -2.24. The van der Waals surface area contributed by atoms with Crippen molar-refractivity contribution in [3.05, 3.63) is 0 Å².